The monoisotopic (exact) mass is 228 g/mol. The maximum absolute atomic E-state index is 10.8. The van der Waals surface area contributed by atoms with Crippen molar-refractivity contribution in [3.05, 3.63) is 12.2 Å². The number of hydrogen-bond acceptors (Lipinski definition) is 3. The largest absolute Gasteiger partial charge is 0.389 e. The predicted octanol–water partition coefficient (Wildman–Crippen LogP) is 1.88. The van der Waals surface area contributed by atoms with Crippen molar-refractivity contribution in [3.8, 4) is 0 Å². The Morgan fingerprint density at radius 1 is 1.38 bits per heavy atom. The first-order valence-electron chi connectivity index (χ1n) is 5.82. The number of ether oxygens (including phenoxy) is 1. The highest BCUT2D eigenvalue weighted by atomic mass is 16.6. The average molecular weight is 228 g/mol. The lowest BCUT2D eigenvalue weighted by Gasteiger charge is -2.41. The van der Waals surface area contributed by atoms with Crippen molar-refractivity contribution in [3.63, 3.8) is 0 Å². The van der Waals surface area contributed by atoms with E-state index in [0.717, 1.165) is 0 Å². The molecule has 16 heavy (non-hydrogen) atoms. The summed E-state index contributed by atoms with van der Waals surface area (Å²) in [4.78, 5) is 0. The molecule has 4 atom stereocenters. The van der Waals surface area contributed by atoms with E-state index in [9.17, 15) is 10.2 Å². The van der Waals surface area contributed by atoms with Gasteiger partial charge in [-0.2, -0.15) is 0 Å². The molecule has 4 unspecified atom stereocenters. The lowest BCUT2D eigenvalue weighted by Crippen LogP contribution is -2.53. The molecular weight excluding hydrogens is 204 g/mol. The highest BCUT2D eigenvalue weighted by Gasteiger charge is 2.66. The zero-order valence-electron chi connectivity index (χ0n) is 11.1. The van der Waals surface area contributed by atoms with E-state index in [-0.39, 0.29) is 11.5 Å². The Balaban J connectivity index is 3.05. The Morgan fingerprint density at radius 3 is 2.06 bits per heavy atom. The Morgan fingerprint density at radius 2 is 1.81 bits per heavy atom. The van der Waals surface area contributed by atoms with Crippen molar-refractivity contribution in [2.45, 2.75) is 65.0 Å². The van der Waals surface area contributed by atoms with Gasteiger partial charge in [-0.15, -0.1) is 0 Å². The molecule has 3 nitrogen and oxygen atoms in total. The van der Waals surface area contributed by atoms with Gasteiger partial charge in [0.15, 0.2) is 0 Å². The molecule has 1 saturated heterocycles. The summed E-state index contributed by atoms with van der Waals surface area (Å²) in [5.74, 6) is 0. The summed E-state index contributed by atoms with van der Waals surface area (Å²) in [5, 5.41) is 20.1. The van der Waals surface area contributed by atoms with Crippen LogP contribution in [0.1, 0.15) is 41.5 Å². The third-order valence-electron chi connectivity index (χ3n) is 3.66. The zero-order chi connectivity index (χ0) is 12.8. The third-order valence-corrected chi connectivity index (χ3v) is 3.66. The Labute approximate surface area is 98.1 Å². The van der Waals surface area contributed by atoms with Crippen LogP contribution in [0.25, 0.3) is 0 Å². The fourth-order valence-electron chi connectivity index (χ4n) is 2.17. The Bertz CT molecular complexity index is 290. The van der Waals surface area contributed by atoms with E-state index >= 15 is 0 Å². The van der Waals surface area contributed by atoms with Gasteiger partial charge in [-0.3, -0.25) is 0 Å². The molecule has 0 radical (unpaired) electrons. The summed E-state index contributed by atoms with van der Waals surface area (Å²) in [5.41, 5.74) is -1.98. The van der Waals surface area contributed by atoms with Crippen LogP contribution in [-0.4, -0.2) is 33.6 Å². The van der Waals surface area contributed by atoms with E-state index in [1.807, 2.05) is 34.6 Å². The molecule has 0 bridgehead atoms. The summed E-state index contributed by atoms with van der Waals surface area (Å²) in [6.07, 6.45) is 2.77. The minimum atomic E-state index is -1.07. The van der Waals surface area contributed by atoms with Gasteiger partial charge in [0, 0.05) is 0 Å². The van der Waals surface area contributed by atoms with Gasteiger partial charge < -0.3 is 14.9 Å². The SMILES string of the molecule is CC(O)/C=C\C(O)(C(C)(C)C)C1(C)OC1C. The van der Waals surface area contributed by atoms with Gasteiger partial charge in [0.05, 0.1) is 12.2 Å². The smallest absolute Gasteiger partial charge is 0.124 e. The first-order valence-corrected chi connectivity index (χ1v) is 5.82. The van der Waals surface area contributed by atoms with Crippen molar-refractivity contribution in [1.29, 1.82) is 0 Å². The van der Waals surface area contributed by atoms with E-state index in [1.165, 1.54) is 0 Å². The van der Waals surface area contributed by atoms with E-state index in [1.54, 1.807) is 19.1 Å². The molecule has 94 valence electrons. The molecule has 1 aliphatic rings. The summed E-state index contributed by atoms with van der Waals surface area (Å²) in [6.45, 7) is 11.4. The molecule has 1 heterocycles. The third kappa shape index (κ3) is 2.04. The van der Waals surface area contributed by atoms with Gasteiger partial charge in [-0.25, -0.2) is 0 Å². The average Bonchev–Trinajstić information content (AvgIpc) is 2.70. The van der Waals surface area contributed by atoms with Crippen molar-refractivity contribution in [1.82, 2.24) is 0 Å². The number of hydrogen-bond donors (Lipinski definition) is 2. The molecule has 0 amide bonds. The predicted molar refractivity (Wildman–Crippen MR) is 64.2 cm³/mol. The van der Waals surface area contributed by atoms with Gasteiger partial charge in [-0.1, -0.05) is 32.9 Å². The second-order valence-electron chi connectivity index (χ2n) is 5.98. The second kappa shape index (κ2) is 3.83. The van der Waals surface area contributed by atoms with Gasteiger partial charge in [0.25, 0.3) is 0 Å². The molecule has 1 aliphatic heterocycles. The van der Waals surface area contributed by atoms with Crippen molar-refractivity contribution in [2.24, 2.45) is 5.41 Å². The molecule has 0 saturated carbocycles. The normalized spacial score (nSPS) is 36.1. The van der Waals surface area contributed by atoms with Crippen LogP contribution in [0.2, 0.25) is 0 Å². The molecule has 3 heteroatoms. The van der Waals surface area contributed by atoms with Crippen LogP contribution >= 0.6 is 0 Å². The number of aliphatic hydroxyl groups is 2. The quantitative estimate of drug-likeness (QED) is 0.573. The summed E-state index contributed by atoms with van der Waals surface area (Å²) in [7, 11) is 0. The van der Waals surface area contributed by atoms with Gasteiger partial charge in [0.2, 0.25) is 0 Å². The molecule has 0 aromatic carbocycles. The Hall–Kier alpha value is -0.380. The van der Waals surface area contributed by atoms with Gasteiger partial charge >= 0.3 is 0 Å². The fourth-order valence-corrected chi connectivity index (χ4v) is 2.17. The second-order valence-corrected chi connectivity index (χ2v) is 5.98. The highest BCUT2D eigenvalue weighted by molar-refractivity contribution is 5.24. The highest BCUT2D eigenvalue weighted by Crippen LogP contribution is 2.53. The van der Waals surface area contributed by atoms with Crippen molar-refractivity contribution in [2.75, 3.05) is 0 Å². The minimum absolute atomic E-state index is 0.0374. The fraction of sp³-hybridized carbons (Fsp3) is 0.846. The maximum Gasteiger partial charge on any atom is 0.124 e. The molecule has 1 rings (SSSR count). The Kier molecular flexibility index (Phi) is 3.27. The molecule has 0 spiro atoms. The minimum Gasteiger partial charge on any atom is -0.389 e. The standard InChI is InChI=1S/C13H24O3/c1-9(14)7-8-13(15,11(3,4)5)12(6)10(2)16-12/h7-10,14-15H,1-6H3/b8-7-. The van der Waals surface area contributed by atoms with E-state index in [0.29, 0.717) is 0 Å². The molecule has 2 N–H and O–H groups in total. The van der Waals surface area contributed by atoms with Crippen LogP contribution in [-0.2, 0) is 4.74 Å². The van der Waals surface area contributed by atoms with Crippen LogP contribution in [0.4, 0.5) is 0 Å². The van der Waals surface area contributed by atoms with Crippen LogP contribution < -0.4 is 0 Å². The molecular formula is C13H24O3. The molecule has 0 aromatic heterocycles. The molecule has 0 aliphatic carbocycles. The summed E-state index contributed by atoms with van der Waals surface area (Å²) in [6, 6.07) is 0. The van der Waals surface area contributed by atoms with Gasteiger partial charge in [-0.05, 0) is 26.2 Å². The summed E-state index contributed by atoms with van der Waals surface area (Å²) >= 11 is 0. The van der Waals surface area contributed by atoms with Crippen LogP contribution in [0.5, 0.6) is 0 Å². The van der Waals surface area contributed by atoms with E-state index in [2.05, 4.69) is 0 Å². The van der Waals surface area contributed by atoms with E-state index < -0.39 is 17.3 Å². The summed E-state index contributed by atoms with van der Waals surface area (Å²) < 4.78 is 5.55. The van der Waals surface area contributed by atoms with Crippen LogP contribution in [0, 0.1) is 5.41 Å². The van der Waals surface area contributed by atoms with Crippen molar-refractivity contribution < 1.29 is 14.9 Å². The lowest BCUT2D eigenvalue weighted by atomic mass is 9.68. The zero-order valence-corrected chi connectivity index (χ0v) is 11.1. The van der Waals surface area contributed by atoms with Crippen LogP contribution in [0.15, 0.2) is 12.2 Å². The van der Waals surface area contributed by atoms with Gasteiger partial charge in [0.1, 0.15) is 11.2 Å². The maximum atomic E-state index is 10.8. The number of epoxide rings is 1. The molecule has 1 fully saturated rings. The molecule has 0 aromatic rings. The first kappa shape index (κ1) is 13.7. The van der Waals surface area contributed by atoms with Crippen molar-refractivity contribution >= 4 is 0 Å². The topological polar surface area (TPSA) is 53.0 Å². The first-order chi connectivity index (χ1) is 7.04. The van der Waals surface area contributed by atoms with Crippen LogP contribution in [0.3, 0.4) is 0 Å². The van der Waals surface area contributed by atoms with E-state index in [4.69, 9.17) is 4.74 Å². The lowest BCUT2D eigenvalue weighted by molar-refractivity contribution is -0.0717. The number of rotatable bonds is 3. The number of aliphatic hydroxyl groups excluding tert-OH is 1.